The van der Waals surface area contributed by atoms with Gasteiger partial charge in [-0.15, -0.1) is 11.8 Å². The van der Waals surface area contributed by atoms with Gasteiger partial charge in [0.1, 0.15) is 0 Å². The molecule has 2 rings (SSSR count). The number of thioether (sulfide) groups is 1. The van der Waals surface area contributed by atoms with Crippen molar-refractivity contribution in [1.29, 1.82) is 0 Å². The van der Waals surface area contributed by atoms with Crippen molar-refractivity contribution in [2.45, 2.75) is 51.2 Å². The first-order valence-corrected chi connectivity index (χ1v) is 10.1. The minimum Gasteiger partial charge on any atom is -0.366 e. The number of Topliss-reactive ketones (excluding diaryl/α,β-unsaturated/α-hetero) is 1. The van der Waals surface area contributed by atoms with Gasteiger partial charge in [0, 0.05) is 24.1 Å². The van der Waals surface area contributed by atoms with Crippen LogP contribution in [0.15, 0.2) is 46.3 Å². The Balaban J connectivity index is 2.29. The summed E-state index contributed by atoms with van der Waals surface area (Å²) in [6.45, 7) is 13.1. The molecule has 0 radical (unpaired) electrons. The number of aliphatic imine (C=N–C) groups is 1. The normalized spacial score (nSPS) is 11.8. The first-order chi connectivity index (χ1) is 12.6. The molecule has 3 nitrogen and oxygen atoms in total. The standard InChI is InChI=1S/C23H30N2OS/c1-8-25(7)15-24-21-14-17(3)20(13-18(21)4)22(26)23(5,6)27-19-11-9-10-16(2)12-19/h9-15H,8H2,1-7H3. The van der Waals surface area contributed by atoms with E-state index in [1.165, 1.54) is 5.56 Å². The lowest BCUT2D eigenvalue weighted by Crippen LogP contribution is -2.28. The number of hydrogen-bond donors (Lipinski definition) is 0. The smallest absolute Gasteiger partial charge is 0.178 e. The third-order valence-electron chi connectivity index (χ3n) is 4.59. The molecule has 0 N–H and O–H groups in total. The second-order valence-electron chi connectivity index (χ2n) is 7.53. The quantitative estimate of drug-likeness (QED) is 0.256. The van der Waals surface area contributed by atoms with Crippen LogP contribution < -0.4 is 0 Å². The lowest BCUT2D eigenvalue weighted by atomic mass is 9.94. The van der Waals surface area contributed by atoms with E-state index in [-0.39, 0.29) is 5.78 Å². The highest BCUT2D eigenvalue weighted by Crippen LogP contribution is 2.37. The van der Waals surface area contributed by atoms with Crippen LogP contribution in [-0.2, 0) is 0 Å². The second kappa shape index (κ2) is 8.75. The SMILES string of the molecule is CCN(C)C=Nc1cc(C)c(C(=O)C(C)(C)Sc2cccc(C)c2)cc1C. The average molecular weight is 383 g/mol. The fraction of sp³-hybridized carbons (Fsp3) is 0.391. The molecule has 0 spiro atoms. The fourth-order valence-electron chi connectivity index (χ4n) is 2.77. The molecule has 0 unspecified atom stereocenters. The molecule has 0 aliphatic rings. The van der Waals surface area contributed by atoms with E-state index in [2.05, 4.69) is 37.0 Å². The monoisotopic (exact) mass is 382 g/mol. The molecular formula is C23H30N2OS. The van der Waals surface area contributed by atoms with Gasteiger partial charge in [-0.1, -0.05) is 17.7 Å². The number of nitrogens with zero attached hydrogens (tertiary/aromatic N) is 2. The van der Waals surface area contributed by atoms with Crippen molar-refractivity contribution < 1.29 is 4.79 Å². The van der Waals surface area contributed by atoms with Gasteiger partial charge in [0.2, 0.25) is 0 Å². The maximum Gasteiger partial charge on any atom is 0.178 e. The van der Waals surface area contributed by atoms with Crippen LogP contribution in [0.5, 0.6) is 0 Å². The zero-order valence-electron chi connectivity index (χ0n) is 17.5. The predicted molar refractivity (Wildman–Crippen MR) is 118 cm³/mol. The van der Waals surface area contributed by atoms with Gasteiger partial charge in [0.15, 0.2) is 5.78 Å². The van der Waals surface area contributed by atoms with Gasteiger partial charge < -0.3 is 4.90 Å². The first-order valence-electron chi connectivity index (χ1n) is 9.30. The third kappa shape index (κ3) is 5.46. The summed E-state index contributed by atoms with van der Waals surface area (Å²) in [6, 6.07) is 12.3. The molecule has 0 saturated carbocycles. The van der Waals surface area contributed by atoms with Crippen LogP contribution in [0.25, 0.3) is 0 Å². The number of hydrogen-bond acceptors (Lipinski definition) is 3. The summed E-state index contributed by atoms with van der Waals surface area (Å²) in [5.74, 6) is 0.149. The van der Waals surface area contributed by atoms with Crippen molar-refractivity contribution in [1.82, 2.24) is 4.90 Å². The number of carbonyl (C=O) groups excluding carboxylic acids is 1. The molecule has 0 bridgehead atoms. The number of aryl methyl sites for hydroxylation is 3. The van der Waals surface area contributed by atoms with Crippen molar-refractivity contribution in [2.75, 3.05) is 13.6 Å². The molecule has 144 valence electrons. The maximum atomic E-state index is 13.3. The van der Waals surface area contributed by atoms with E-state index in [0.717, 1.165) is 33.8 Å². The summed E-state index contributed by atoms with van der Waals surface area (Å²) in [4.78, 5) is 21.0. The van der Waals surface area contributed by atoms with E-state index in [9.17, 15) is 4.79 Å². The highest BCUT2D eigenvalue weighted by molar-refractivity contribution is 8.01. The molecule has 2 aromatic rings. The molecule has 2 aromatic carbocycles. The Labute approximate surface area is 167 Å². The van der Waals surface area contributed by atoms with Gasteiger partial charge in [-0.3, -0.25) is 4.79 Å². The highest BCUT2D eigenvalue weighted by Gasteiger charge is 2.31. The largest absolute Gasteiger partial charge is 0.366 e. The molecule has 0 amide bonds. The molecule has 0 fully saturated rings. The molecule has 27 heavy (non-hydrogen) atoms. The van der Waals surface area contributed by atoms with Gasteiger partial charge in [0.05, 0.1) is 16.8 Å². The van der Waals surface area contributed by atoms with Gasteiger partial charge in [0.25, 0.3) is 0 Å². The lowest BCUT2D eigenvalue weighted by molar-refractivity contribution is 0.0957. The van der Waals surface area contributed by atoms with Crippen molar-refractivity contribution in [2.24, 2.45) is 4.99 Å². The zero-order chi connectivity index (χ0) is 20.2. The first kappa shape index (κ1) is 21.2. The van der Waals surface area contributed by atoms with E-state index in [0.29, 0.717) is 0 Å². The van der Waals surface area contributed by atoms with E-state index in [4.69, 9.17) is 0 Å². The summed E-state index contributed by atoms with van der Waals surface area (Å²) in [5, 5.41) is 0. The molecule has 0 aromatic heterocycles. The maximum absolute atomic E-state index is 13.3. The van der Waals surface area contributed by atoms with Crippen molar-refractivity contribution in [3.63, 3.8) is 0 Å². The van der Waals surface area contributed by atoms with E-state index >= 15 is 0 Å². The van der Waals surface area contributed by atoms with Gasteiger partial charge in [-0.25, -0.2) is 4.99 Å². The summed E-state index contributed by atoms with van der Waals surface area (Å²) in [6.07, 6.45) is 1.83. The number of benzene rings is 2. The molecule has 0 aliphatic carbocycles. The molecule has 0 atom stereocenters. The summed E-state index contributed by atoms with van der Waals surface area (Å²) < 4.78 is -0.543. The fourth-order valence-corrected chi connectivity index (χ4v) is 3.95. The van der Waals surface area contributed by atoms with Crippen molar-refractivity contribution in [3.8, 4) is 0 Å². The number of carbonyl (C=O) groups is 1. The van der Waals surface area contributed by atoms with Crippen LogP contribution in [0.4, 0.5) is 5.69 Å². The zero-order valence-corrected chi connectivity index (χ0v) is 18.3. The van der Waals surface area contributed by atoms with E-state index in [1.54, 1.807) is 11.8 Å². The van der Waals surface area contributed by atoms with Gasteiger partial charge >= 0.3 is 0 Å². The highest BCUT2D eigenvalue weighted by atomic mass is 32.2. The Bertz CT molecular complexity index is 855. The topological polar surface area (TPSA) is 32.7 Å². The molecule has 4 heteroatoms. The third-order valence-corrected chi connectivity index (χ3v) is 5.78. The van der Waals surface area contributed by atoms with Crippen molar-refractivity contribution in [3.05, 3.63) is 58.7 Å². The van der Waals surface area contributed by atoms with E-state index in [1.807, 2.05) is 64.2 Å². The van der Waals surface area contributed by atoms with Crippen LogP contribution in [0.1, 0.15) is 47.8 Å². The molecule has 0 heterocycles. The number of rotatable bonds is 7. The Morgan fingerprint density at radius 3 is 2.48 bits per heavy atom. The second-order valence-corrected chi connectivity index (χ2v) is 9.23. The number of ketones is 1. The average Bonchev–Trinajstić information content (AvgIpc) is 2.60. The summed E-state index contributed by atoms with van der Waals surface area (Å²) in [5.41, 5.74) is 4.87. The Kier molecular flexibility index (Phi) is 6.88. The molecule has 0 saturated heterocycles. The van der Waals surface area contributed by atoms with Crippen molar-refractivity contribution >= 4 is 29.6 Å². The minimum atomic E-state index is -0.543. The van der Waals surface area contributed by atoms with E-state index < -0.39 is 4.75 Å². The Morgan fingerprint density at radius 1 is 1.15 bits per heavy atom. The lowest BCUT2D eigenvalue weighted by Gasteiger charge is -2.24. The van der Waals surface area contributed by atoms with Crippen LogP contribution in [0, 0.1) is 20.8 Å². The van der Waals surface area contributed by atoms with Crippen LogP contribution in [0.3, 0.4) is 0 Å². The van der Waals surface area contributed by atoms with Gasteiger partial charge in [-0.05, 0) is 76.9 Å². The molecule has 0 aliphatic heterocycles. The summed E-state index contributed by atoms with van der Waals surface area (Å²) in [7, 11) is 1.99. The van der Waals surface area contributed by atoms with Crippen LogP contribution >= 0.6 is 11.8 Å². The van der Waals surface area contributed by atoms with Crippen LogP contribution in [-0.4, -0.2) is 35.4 Å². The minimum absolute atomic E-state index is 0.149. The Hall–Kier alpha value is -2.07. The molecular weight excluding hydrogens is 352 g/mol. The Morgan fingerprint density at radius 2 is 1.85 bits per heavy atom. The summed E-state index contributed by atoms with van der Waals surface area (Å²) >= 11 is 1.61. The van der Waals surface area contributed by atoms with Gasteiger partial charge in [-0.2, -0.15) is 0 Å². The predicted octanol–water partition coefficient (Wildman–Crippen LogP) is 5.98. The van der Waals surface area contributed by atoms with Crippen LogP contribution in [0.2, 0.25) is 0 Å².